The number of hydrogen-bond donors (Lipinski definition) is 2. The molecule has 2 N–H and O–H groups in total. The first-order valence-corrected chi connectivity index (χ1v) is 10.6. The second-order valence-electron chi connectivity index (χ2n) is 7.10. The van der Waals surface area contributed by atoms with Crippen LogP contribution in [-0.4, -0.2) is 38.4 Å². The van der Waals surface area contributed by atoms with Crippen molar-refractivity contribution in [2.45, 2.75) is 32.4 Å². The molecule has 1 amide bonds. The summed E-state index contributed by atoms with van der Waals surface area (Å²) in [6, 6.07) is 10.4. The smallest absolute Gasteiger partial charge is 0.328 e. The summed E-state index contributed by atoms with van der Waals surface area (Å²) in [5.74, 6) is -0.600. The van der Waals surface area contributed by atoms with Crippen molar-refractivity contribution < 1.29 is 14.7 Å². The van der Waals surface area contributed by atoms with Crippen LogP contribution >= 0.6 is 11.3 Å². The highest BCUT2D eigenvalue weighted by Crippen LogP contribution is 2.38. The number of hydrogen-bond acceptors (Lipinski definition) is 6. The van der Waals surface area contributed by atoms with Gasteiger partial charge >= 0.3 is 5.97 Å². The third-order valence-corrected chi connectivity index (χ3v) is 6.36. The molecule has 0 spiro atoms. The summed E-state index contributed by atoms with van der Waals surface area (Å²) in [4.78, 5) is 35.6. The number of fused-ring (bicyclic) bond motifs is 3. The lowest BCUT2D eigenvalue weighted by Crippen LogP contribution is -2.34. The first kappa shape index (κ1) is 20.0. The van der Waals surface area contributed by atoms with E-state index in [1.807, 2.05) is 18.2 Å². The number of carbonyl (C=O) groups excluding carboxylic acids is 1. The van der Waals surface area contributed by atoms with E-state index in [2.05, 4.69) is 34.3 Å². The van der Waals surface area contributed by atoms with Gasteiger partial charge < -0.3 is 15.3 Å². The number of thiophene rings is 1. The molecule has 1 atom stereocenters. The molecule has 7 nitrogen and oxygen atoms in total. The van der Waals surface area contributed by atoms with Crippen LogP contribution in [0.25, 0.3) is 10.2 Å². The fourth-order valence-electron chi connectivity index (χ4n) is 3.74. The van der Waals surface area contributed by atoms with Gasteiger partial charge in [0.25, 0.3) is 0 Å². The highest BCUT2D eigenvalue weighted by molar-refractivity contribution is 7.19. The lowest BCUT2D eigenvalue weighted by molar-refractivity contribution is -0.132. The van der Waals surface area contributed by atoms with Crippen molar-refractivity contribution in [1.29, 1.82) is 0 Å². The van der Waals surface area contributed by atoms with Crippen molar-refractivity contribution in [2.24, 2.45) is 0 Å². The number of carboxylic acid groups (broad SMARTS) is 1. The Morgan fingerprint density at radius 1 is 1.27 bits per heavy atom. The summed E-state index contributed by atoms with van der Waals surface area (Å²) < 4.78 is 0. The predicted molar refractivity (Wildman–Crippen MR) is 116 cm³/mol. The van der Waals surface area contributed by atoms with E-state index in [0.29, 0.717) is 19.5 Å². The molecule has 3 heterocycles. The molecule has 1 aliphatic heterocycles. The standard InChI is InChI=1S/C22H22N4O3S/c1-2-16(14-6-4-3-5-7-14)25-21-20-15-10-11-26(18(27)8-9-19(28)29)12-17(15)30-22(20)24-13-23-21/h3-9,13,16H,2,10-12H2,1H3,(H,28,29)(H,23,24,25)/b9-8+/t16-/m1/s1. The molecule has 8 heteroatoms. The van der Waals surface area contributed by atoms with E-state index in [1.165, 1.54) is 11.1 Å². The first-order valence-electron chi connectivity index (χ1n) is 9.83. The van der Waals surface area contributed by atoms with Gasteiger partial charge in [-0.3, -0.25) is 4.79 Å². The molecule has 3 aromatic rings. The summed E-state index contributed by atoms with van der Waals surface area (Å²) in [6.07, 6.45) is 5.17. The molecule has 0 fully saturated rings. The van der Waals surface area contributed by atoms with Crippen LogP contribution in [0.2, 0.25) is 0 Å². The van der Waals surface area contributed by atoms with Gasteiger partial charge in [-0.15, -0.1) is 11.3 Å². The maximum atomic E-state index is 12.3. The third-order valence-electron chi connectivity index (χ3n) is 5.24. The van der Waals surface area contributed by atoms with Crippen LogP contribution in [0.5, 0.6) is 0 Å². The summed E-state index contributed by atoms with van der Waals surface area (Å²) in [5, 5.41) is 13.4. The van der Waals surface area contributed by atoms with Crippen molar-refractivity contribution in [3.63, 3.8) is 0 Å². The number of rotatable bonds is 6. The fraction of sp³-hybridized carbons (Fsp3) is 0.273. The molecular weight excluding hydrogens is 400 g/mol. The third kappa shape index (κ3) is 4.04. The summed E-state index contributed by atoms with van der Waals surface area (Å²) in [5.41, 5.74) is 2.38. The largest absolute Gasteiger partial charge is 0.478 e. The van der Waals surface area contributed by atoms with Crippen molar-refractivity contribution in [3.8, 4) is 0 Å². The van der Waals surface area contributed by atoms with Crippen LogP contribution in [0.4, 0.5) is 5.82 Å². The van der Waals surface area contributed by atoms with Gasteiger partial charge in [0.1, 0.15) is 17.0 Å². The molecule has 0 aliphatic carbocycles. The highest BCUT2D eigenvalue weighted by atomic mass is 32.1. The molecule has 1 aliphatic rings. The molecule has 0 saturated heterocycles. The average Bonchev–Trinajstić information content (AvgIpc) is 3.14. The second-order valence-corrected chi connectivity index (χ2v) is 8.19. The van der Waals surface area contributed by atoms with Gasteiger partial charge in [0, 0.05) is 23.6 Å². The Morgan fingerprint density at radius 3 is 2.80 bits per heavy atom. The predicted octanol–water partition coefficient (Wildman–Crippen LogP) is 3.78. The van der Waals surface area contributed by atoms with Crippen LogP contribution in [0.1, 0.15) is 35.4 Å². The van der Waals surface area contributed by atoms with E-state index in [9.17, 15) is 9.59 Å². The van der Waals surface area contributed by atoms with Crippen molar-refractivity contribution in [1.82, 2.24) is 14.9 Å². The molecule has 2 aromatic heterocycles. The first-order chi connectivity index (χ1) is 14.6. The van der Waals surface area contributed by atoms with Gasteiger partial charge in [-0.05, 0) is 24.0 Å². The van der Waals surface area contributed by atoms with Gasteiger partial charge in [0.2, 0.25) is 5.91 Å². The van der Waals surface area contributed by atoms with E-state index < -0.39 is 5.97 Å². The number of nitrogens with one attached hydrogen (secondary N) is 1. The van der Waals surface area contributed by atoms with Gasteiger partial charge in [-0.25, -0.2) is 14.8 Å². The lowest BCUT2D eigenvalue weighted by Gasteiger charge is -2.26. The van der Waals surface area contributed by atoms with Crippen molar-refractivity contribution in [3.05, 3.63) is 64.8 Å². The van der Waals surface area contributed by atoms with E-state index in [-0.39, 0.29) is 11.9 Å². The number of carboxylic acids is 1. The fourth-order valence-corrected chi connectivity index (χ4v) is 4.95. The minimum absolute atomic E-state index is 0.141. The van der Waals surface area contributed by atoms with Crippen molar-refractivity contribution in [2.75, 3.05) is 11.9 Å². The monoisotopic (exact) mass is 422 g/mol. The number of anilines is 1. The molecule has 30 heavy (non-hydrogen) atoms. The molecule has 154 valence electrons. The quantitative estimate of drug-likeness (QED) is 0.587. The summed E-state index contributed by atoms with van der Waals surface area (Å²) in [6.45, 7) is 3.13. The van der Waals surface area contributed by atoms with Gasteiger partial charge in [0.15, 0.2) is 0 Å². The maximum Gasteiger partial charge on any atom is 0.328 e. The number of aliphatic carboxylic acids is 1. The van der Waals surface area contributed by atoms with Gasteiger partial charge in [0.05, 0.1) is 18.0 Å². The van der Waals surface area contributed by atoms with Gasteiger partial charge in [-0.2, -0.15) is 0 Å². The van der Waals surface area contributed by atoms with Crippen LogP contribution in [-0.2, 0) is 22.6 Å². The maximum absolute atomic E-state index is 12.3. The Labute approximate surface area is 178 Å². The van der Waals surface area contributed by atoms with E-state index >= 15 is 0 Å². The number of benzene rings is 1. The van der Waals surface area contributed by atoms with Gasteiger partial charge in [-0.1, -0.05) is 37.3 Å². The number of carbonyl (C=O) groups is 2. The van der Waals surface area contributed by atoms with E-state index in [0.717, 1.165) is 39.5 Å². The number of amides is 1. The zero-order chi connectivity index (χ0) is 21.1. The van der Waals surface area contributed by atoms with Crippen LogP contribution in [0, 0.1) is 0 Å². The Kier molecular flexibility index (Phi) is 5.76. The molecule has 0 bridgehead atoms. The summed E-state index contributed by atoms with van der Waals surface area (Å²) in [7, 11) is 0. The van der Waals surface area contributed by atoms with Crippen molar-refractivity contribution >= 4 is 39.2 Å². The zero-order valence-corrected chi connectivity index (χ0v) is 17.4. The Bertz CT molecular complexity index is 1110. The molecule has 1 aromatic carbocycles. The minimum atomic E-state index is -1.13. The Morgan fingerprint density at radius 2 is 2.07 bits per heavy atom. The topological polar surface area (TPSA) is 95.4 Å². The van der Waals surface area contributed by atoms with Crippen LogP contribution < -0.4 is 5.32 Å². The Balaban J connectivity index is 1.63. The molecule has 0 saturated carbocycles. The lowest BCUT2D eigenvalue weighted by atomic mass is 10.0. The Hall–Kier alpha value is -3.26. The minimum Gasteiger partial charge on any atom is -0.478 e. The second kappa shape index (κ2) is 8.62. The molecule has 0 unspecified atom stereocenters. The highest BCUT2D eigenvalue weighted by Gasteiger charge is 2.26. The zero-order valence-electron chi connectivity index (χ0n) is 16.5. The van der Waals surface area contributed by atoms with Crippen LogP contribution in [0.3, 0.4) is 0 Å². The number of nitrogens with zero attached hydrogens (tertiary/aromatic N) is 3. The van der Waals surface area contributed by atoms with E-state index in [4.69, 9.17) is 5.11 Å². The molecular formula is C22H22N4O3S. The van der Waals surface area contributed by atoms with E-state index in [1.54, 1.807) is 22.6 Å². The normalized spacial score (nSPS) is 14.6. The van der Waals surface area contributed by atoms with Crippen LogP contribution in [0.15, 0.2) is 48.8 Å². The number of aromatic nitrogens is 2. The molecule has 0 radical (unpaired) electrons. The SMILES string of the molecule is CC[C@@H](Nc1ncnc2sc3c(c12)CCN(C(=O)/C=C/C(=O)O)C3)c1ccccc1. The average molecular weight is 423 g/mol. The molecule has 4 rings (SSSR count). The summed E-state index contributed by atoms with van der Waals surface area (Å²) >= 11 is 1.56.